The van der Waals surface area contributed by atoms with Crippen LogP contribution >= 0.6 is 11.6 Å². The number of fused-ring (bicyclic) bond motifs is 5. The molecule has 3 fully saturated rings. The highest BCUT2D eigenvalue weighted by Crippen LogP contribution is 2.70. The Balaban J connectivity index is 0.000000279. The van der Waals surface area contributed by atoms with Gasteiger partial charge in [-0.05, 0) is 80.4 Å². The lowest BCUT2D eigenvalue weighted by atomic mass is 9.40. The molecule has 4 unspecified atom stereocenters. The number of carboxylic acid groups (broad SMARTS) is 1. The van der Waals surface area contributed by atoms with Crippen molar-refractivity contribution in [1.82, 2.24) is 0 Å². The second-order valence-corrected chi connectivity index (χ2v) is 12.0. The molecular weight excluding hydrogens is 504 g/mol. The third kappa shape index (κ3) is 6.17. The van der Waals surface area contributed by atoms with Gasteiger partial charge in [0.15, 0.2) is 5.78 Å². The molecule has 3 saturated carbocycles. The van der Waals surface area contributed by atoms with Gasteiger partial charge < -0.3 is 14.6 Å². The molecule has 1 heterocycles. The first-order valence-corrected chi connectivity index (χ1v) is 14.2. The van der Waals surface area contributed by atoms with Crippen LogP contribution in [-0.4, -0.2) is 39.7 Å². The van der Waals surface area contributed by atoms with Gasteiger partial charge in [-0.15, -0.1) is 11.6 Å². The Bertz CT molecular complexity index is 1040. The summed E-state index contributed by atoms with van der Waals surface area (Å²) in [5.74, 6) is 1.36. The minimum Gasteiger partial charge on any atom is -0.478 e. The normalized spacial score (nSPS) is 36.3. The first kappa shape index (κ1) is 32.0. The van der Waals surface area contributed by atoms with Gasteiger partial charge in [0.1, 0.15) is 12.0 Å². The van der Waals surface area contributed by atoms with Gasteiger partial charge in [-0.25, -0.2) is 4.79 Å². The standard InChI is InChI=1S/C21H30O2.C5H4O3.C3H5ClO.C2H6/c1-13-9-17-16-6-5-14-10-15(22)7-8-20(14,3)21(16,4)18(23)12-19(17,2)11-13;6-5(7)4-1-2-8-3-4;1-3(5)2-4;1-2/h7-8,10,13,16-18,23H,5-6,9,11-12H2,1-4H3;1-3H,(H,6,7);2H2,1H3;1-2H3/t13-,16?,17+,18?,19?,20?,21-;;;/m1.../s1. The summed E-state index contributed by atoms with van der Waals surface area (Å²) in [6.07, 6.45) is 13.5. The van der Waals surface area contributed by atoms with Crippen molar-refractivity contribution >= 4 is 29.1 Å². The predicted octanol–water partition coefficient (Wildman–Crippen LogP) is 7.11. The van der Waals surface area contributed by atoms with Crippen molar-refractivity contribution in [3.8, 4) is 0 Å². The lowest BCUT2D eigenvalue weighted by Crippen LogP contribution is -2.61. The maximum atomic E-state index is 11.9. The summed E-state index contributed by atoms with van der Waals surface area (Å²) in [4.78, 5) is 31.5. The number of aromatic carboxylic acids is 1. The molecule has 7 atom stereocenters. The van der Waals surface area contributed by atoms with Crippen molar-refractivity contribution in [3.63, 3.8) is 0 Å². The summed E-state index contributed by atoms with van der Waals surface area (Å²) in [6, 6.07) is 1.39. The number of hydrogen-bond acceptors (Lipinski definition) is 5. The van der Waals surface area contributed by atoms with Gasteiger partial charge in [0.05, 0.1) is 23.8 Å². The van der Waals surface area contributed by atoms with Crippen molar-refractivity contribution in [2.45, 2.75) is 86.7 Å². The van der Waals surface area contributed by atoms with Gasteiger partial charge in [0, 0.05) is 10.8 Å². The molecule has 0 radical (unpaired) electrons. The molecule has 2 N–H and O–H groups in total. The van der Waals surface area contributed by atoms with Gasteiger partial charge in [-0.1, -0.05) is 53.2 Å². The minimum absolute atomic E-state index is 0.0201. The Morgan fingerprint density at radius 3 is 2.29 bits per heavy atom. The Kier molecular flexibility index (Phi) is 10.8. The summed E-state index contributed by atoms with van der Waals surface area (Å²) >= 11 is 4.99. The molecule has 7 heteroatoms. The summed E-state index contributed by atoms with van der Waals surface area (Å²) in [7, 11) is 0. The number of allylic oxidation sites excluding steroid dienone is 4. The average Bonchev–Trinajstić information content (AvgIpc) is 3.50. The molecule has 0 aromatic carbocycles. The molecule has 4 aliphatic carbocycles. The third-order valence-electron chi connectivity index (χ3n) is 9.34. The first-order chi connectivity index (χ1) is 17.8. The maximum Gasteiger partial charge on any atom is 0.338 e. The Morgan fingerprint density at radius 1 is 1.16 bits per heavy atom. The van der Waals surface area contributed by atoms with Crippen LogP contribution in [0.5, 0.6) is 0 Å². The molecule has 0 saturated heterocycles. The van der Waals surface area contributed by atoms with E-state index < -0.39 is 5.97 Å². The smallest absolute Gasteiger partial charge is 0.338 e. The largest absolute Gasteiger partial charge is 0.478 e. The summed E-state index contributed by atoms with van der Waals surface area (Å²) in [5.41, 5.74) is 1.41. The van der Waals surface area contributed by atoms with Gasteiger partial charge in [0.25, 0.3) is 0 Å². The second-order valence-electron chi connectivity index (χ2n) is 11.7. The zero-order chi connectivity index (χ0) is 28.9. The van der Waals surface area contributed by atoms with E-state index in [0.717, 1.165) is 31.1 Å². The Hall–Kier alpha value is -2.18. The van der Waals surface area contributed by atoms with E-state index in [1.807, 2.05) is 19.9 Å². The van der Waals surface area contributed by atoms with Crippen molar-refractivity contribution in [3.05, 3.63) is 48.0 Å². The molecule has 1 aromatic rings. The molecule has 0 bridgehead atoms. The van der Waals surface area contributed by atoms with Gasteiger partial charge in [-0.3, -0.25) is 9.59 Å². The number of carboxylic acids is 1. The monoisotopic (exact) mass is 548 g/mol. The van der Waals surface area contributed by atoms with Crippen LogP contribution in [0.4, 0.5) is 0 Å². The van der Waals surface area contributed by atoms with E-state index in [-0.39, 0.29) is 39.9 Å². The van der Waals surface area contributed by atoms with Crippen LogP contribution in [0.25, 0.3) is 0 Å². The third-order valence-corrected chi connectivity index (χ3v) is 9.71. The number of aliphatic hydroxyl groups is 1. The van der Waals surface area contributed by atoms with Crippen molar-refractivity contribution < 1.29 is 29.0 Å². The number of halogens is 1. The van der Waals surface area contributed by atoms with Crippen molar-refractivity contribution in [2.75, 3.05) is 5.88 Å². The lowest BCUT2D eigenvalue weighted by Gasteiger charge is -2.64. The average molecular weight is 549 g/mol. The first-order valence-electron chi connectivity index (χ1n) is 13.7. The molecular formula is C31H45ClO6. The zero-order valence-electron chi connectivity index (χ0n) is 23.9. The van der Waals surface area contributed by atoms with Crippen LogP contribution < -0.4 is 0 Å². The van der Waals surface area contributed by atoms with Crippen molar-refractivity contribution in [1.29, 1.82) is 0 Å². The highest BCUT2D eigenvalue weighted by atomic mass is 35.5. The number of hydrogen-bond donors (Lipinski definition) is 2. The number of furan rings is 1. The SMILES string of the molecule is CC.CC(=O)CCl.C[C@@H]1C[C@H]2C3CCC4=CC(=O)C=CC4(C)[C@@]3(C)C(O)CC2(C)C1.O=C(O)c1ccoc1. The molecule has 38 heavy (non-hydrogen) atoms. The molecule has 212 valence electrons. The van der Waals surface area contributed by atoms with Crippen LogP contribution in [0.1, 0.15) is 90.9 Å². The number of ketones is 2. The van der Waals surface area contributed by atoms with E-state index in [4.69, 9.17) is 16.7 Å². The molecule has 0 spiro atoms. The maximum absolute atomic E-state index is 11.9. The molecule has 1 aromatic heterocycles. The number of alkyl halides is 1. The molecule has 6 nitrogen and oxygen atoms in total. The number of carbonyl (C=O) groups excluding carboxylic acids is 2. The van der Waals surface area contributed by atoms with Crippen LogP contribution in [-0.2, 0) is 9.59 Å². The van der Waals surface area contributed by atoms with Crippen LogP contribution in [0.3, 0.4) is 0 Å². The second kappa shape index (κ2) is 12.8. The Morgan fingerprint density at radius 2 is 1.79 bits per heavy atom. The van der Waals surface area contributed by atoms with Crippen LogP contribution in [0.15, 0.2) is 46.8 Å². The Labute approximate surface area is 232 Å². The summed E-state index contributed by atoms with van der Waals surface area (Å²) in [6.45, 7) is 14.8. The topological polar surface area (TPSA) is 105 Å². The highest BCUT2D eigenvalue weighted by Gasteiger charge is 2.65. The molecule has 0 aliphatic heterocycles. The van der Waals surface area contributed by atoms with E-state index in [0.29, 0.717) is 11.3 Å². The quantitative estimate of drug-likeness (QED) is 0.381. The van der Waals surface area contributed by atoms with Crippen molar-refractivity contribution in [2.24, 2.45) is 34.0 Å². The van der Waals surface area contributed by atoms with Crippen LogP contribution in [0.2, 0.25) is 0 Å². The van der Waals surface area contributed by atoms with E-state index in [1.165, 1.54) is 43.9 Å². The zero-order valence-corrected chi connectivity index (χ0v) is 24.7. The highest BCUT2D eigenvalue weighted by molar-refractivity contribution is 6.27. The van der Waals surface area contributed by atoms with E-state index in [1.54, 1.807) is 6.08 Å². The number of carbonyl (C=O) groups is 3. The van der Waals surface area contributed by atoms with E-state index in [2.05, 4.69) is 38.2 Å². The predicted molar refractivity (Wildman–Crippen MR) is 150 cm³/mol. The lowest BCUT2D eigenvalue weighted by molar-refractivity contribution is -0.168. The van der Waals surface area contributed by atoms with Gasteiger partial charge in [0.2, 0.25) is 0 Å². The van der Waals surface area contributed by atoms with Gasteiger partial charge in [-0.2, -0.15) is 0 Å². The molecule has 5 rings (SSSR count). The fourth-order valence-corrected chi connectivity index (χ4v) is 7.46. The van der Waals surface area contributed by atoms with E-state index >= 15 is 0 Å². The number of Topliss-reactive ketones (excluding diaryl/α,β-unsaturated/α-hetero) is 1. The molecule has 4 aliphatic rings. The molecule has 0 amide bonds. The van der Waals surface area contributed by atoms with Crippen LogP contribution in [0, 0.1) is 34.0 Å². The van der Waals surface area contributed by atoms with Gasteiger partial charge >= 0.3 is 5.97 Å². The van der Waals surface area contributed by atoms with E-state index in [9.17, 15) is 19.5 Å². The fraction of sp³-hybridized carbons (Fsp3) is 0.645. The summed E-state index contributed by atoms with van der Waals surface area (Å²) < 4.78 is 4.49. The number of aliphatic hydroxyl groups excluding tert-OH is 1. The fourth-order valence-electron chi connectivity index (χ4n) is 7.46. The number of rotatable bonds is 2. The summed E-state index contributed by atoms with van der Waals surface area (Å²) in [5, 5.41) is 19.5. The minimum atomic E-state index is -0.959.